The fraction of sp³-hybridized carbons (Fsp3) is 0.385. The average Bonchev–Trinajstić information content (AvgIpc) is 3.20. The van der Waals surface area contributed by atoms with Gasteiger partial charge in [-0.3, -0.25) is 9.89 Å². The van der Waals surface area contributed by atoms with Gasteiger partial charge in [-0.1, -0.05) is 0 Å². The van der Waals surface area contributed by atoms with E-state index in [0.717, 1.165) is 12.3 Å². The van der Waals surface area contributed by atoms with Crippen molar-refractivity contribution in [1.82, 2.24) is 20.5 Å². The number of nitrogens with one attached hydrogen (secondary N) is 3. The van der Waals surface area contributed by atoms with Gasteiger partial charge in [0.25, 0.3) is 5.91 Å². The van der Waals surface area contributed by atoms with Crippen molar-refractivity contribution in [2.45, 2.75) is 18.3 Å². The molecule has 23 heavy (non-hydrogen) atoms. The van der Waals surface area contributed by atoms with E-state index in [2.05, 4.69) is 15.5 Å². The third-order valence-corrected chi connectivity index (χ3v) is 3.36. The first-order valence-corrected chi connectivity index (χ1v) is 6.73. The van der Waals surface area contributed by atoms with Crippen LogP contribution in [0.4, 0.5) is 13.2 Å². The summed E-state index contributed by atoms with van der Waals surface area (Å²) in [7, 11) is 0. The van der Waals surface area contributed by atoms with Gasteiger partial charge in [-0.15, -0.1) is 0 Å². The van der Waals surface area contributed by atoms with Gasteiger partial charge in [-0.05, 0) is 6.07 Å². The van der Waals surface area contributed by atoms with E-state index in [1.807, 2.05) is 4.98 Å². The van der Waals surface area contributed by atoms with Crippen LogP contribution in [-0.4, -0.2) is 46.4 Å². The molecule has 1 amide bonds. The van der Waals surface area contributed by atoms with Crippen molar-refractivity contribution in [2.75, 3.05) is 13.2 Å². The van der Waals surface area contributed by atoms with Gasteiger partial charge in [0.15, 0.2) is 5.75 Å². The van der Waals surface area contributed by atoms with E-state index in [1.54, 1.807) is 6.20 Å². The summed E-state index contributed by atoms with van der Waals surface area (Å²) in [5, 5.41) is 8.94. The maximum Gasteiger partial charge on any atom is 0.431 e. The summed E-state index contributed by atoms with van der Waals surface area (Å²) in [4.78, 5) is 14.1. The molecule has 124 valence electrons. The minimum absolute atomic E-state index is 0.105. The number of aromatic nitrogens is 3. The third-order valence-electron chi connectivity index (χ3n) is 3.36. The number of aromatic amines is 2. The van der Waals surface area contributed by atoms with Gasteiger partial charge in [-0.2, -0.15) is 18.3 Å². The van der Waals surface area contributed by atoms with Crippen LogP contribution in [0, 0.1) is 0 Å². The molecule has 0 spiro atoms. The molecular weight excluding hydrogens is 317 g/mol. The summed E-state index contributed by atoms with van der Waals surface area (Å²) in [5.41, 5.74) is -1.08. The normalized spacial score (nSPS) is 21.3. The molecule has 0 saturated carbocycles. The molecule has 0 radical (unpaired) electrons. The van der Waals surface area contributed by atoms with E-state index in [4.69, 9.17) is 9.47 Å². The van der Waals surface area contributed by atoms with Gasteiger partial charge in [-0.25, -0.2) is 0 Å². The van der Waals surface area contributed by atoms with E-state index in [0.29, 0.717) is 5.75 Å². The Bertz CT molecular complexity index is 668. The molecule has 1 aliphatic rings. The highest BCUT2D eigenvalue weighted by molar-refractivity contribution is 5.94. The molecule has 0 bridgehead atoms. The SMILES string of the molecule is O=C(N[C@H]1COC[C@H]1Oc1cn[nH]c1)c1c[nH]c(C(F)(F)F)c1. The number of hydrogen-bond acceptors (Lipinski definition) is 4. The molecule has 3 N–H and O–H groups in total. The molecule has 10 heteroatoms. The lowest BCUT2D eigenvalue weighted by atomic mass is 10.2. The summed E-state index contributed by atoms with van der Waals surface area (Å²) in [6.07, 6.45) is -0.947. The maximum absolute atomic E-state index is 12.5. The van der Waals surface area contributed by atoms with Crippen LogP contribution in [-0.2, 0) is 10.9 Å². The van der Waals surface area contributed by atoms with Crippen LogP contribution in [0.3, 0.4) is 0 Å². The van der Waals surface area contributed by atoms with Gasteiger partial charge < -0.3 is 19.8 Å². The van der Waals surface area contributed by atoms with Crippen LogP contribution in [0.1, 0.15) is 16.1 Å². The highest BCUT2D eigenvalue weighted by atomic mass is 19.4. The molecule has 3 rings (SSSR count). The number of alkyl halides is 3. The topological polar surface area (TPSA) is 92.0 Å². The summed E-state index contributed by atoms with van der Waals surface area (Å²) >= 11 is 0. The lowest BCUT2D eigenvalue weighted by Crippen LogP contribution is -2.45. The van der Waals surface area contributed by atoms with Crippen molar-refractivity contribution < 1.29 is 27.4 Å². The lowest BCUT2D eigenvalue weighted by Gasteiger charge is -2.19. The summed E-state index contributed by atoms with van der Waals surface area (Å²) < 4.78 is 48.5. The molecule has 2 atom stereocenters. The molecule has 0 aromatic carbocycles. The molecule has 0 aliphatic carbocycles. The van der Waals surface area contributed by atoms with Crippen LogP contribution >= 0.6 is 0 Å². The molecule has 7 nitrogen and oxygen atoms in total. The van der Waals surface area contributed by atoms with Crippen LogP contribution in [0.5, 0.6) is 5.75 Å². The molecular formula is C13H13F3N4O3. The quantitative estimate of drug-likeness (QED) is 0.789. The molecule has 1 aliphatic heterocycles. The number of carbonyl (C=O) groups is 1. The standard InChI is InChI=1S/C13H13F3N4O3/c14-13(15,16)11-1-7(2-17-11)12(21)20-9-5-22-6-10(9)23-8-3-18-19-4-8/h1-4,9-10,17H,5-6H2,(H,18,19)(H,20,21)/t9-,10+/m0/s1. The highest BCUT2D eigenvalue weighted by Gasteiger charge is 2.35. The summed E-state index contributed by atoms with van der Waals surface area (Å²) in [6, 6.07) is 0.290. The Morgan fingerprint density at radius 3 is 2.87 bits per heavy atom. The Labute approximate surface area is 128 Å². The molecule has 3 heterocycles. The molecule has 2 aromatic heterocycles. The predicted molar refractivity (Wildman–Crippen MR) is 70.9 cm³/mol. The zero-order chi connectivity index (χ0) is 16.4. The Hall–Kier alpha value is -2.49. The predicted octanol–water partition coefficient (Wildman–Crippen LogP) is 1.33. The van der Waals surface area contributed by atoms with Gasteiger partial charge in [0.1, 0.15) is 11.8 Å². The zero-order valence-corrected chi connectivity index (χ0v) is 11.7. The highest BCUT2D eigenvalue weighted by Crippen LogP contribution is 2.28. The largest absolute Gasteiger partial charge is 0.482 e. The van der Waals surface area contributed by atoms with Crippen molar-refractivity contribution in [3.8, 4) is 5.75 Å². The fourth-order valence-corrected chi connectivity index (χ4v) is 2.20. The number of H-pyrrole nitrogens is 2. The van der Waals surface area contributed by atoms with Crippen molar-refractivity contribution in [2.24, 2.45) is 0 Å². The fourth-order valence-electron chi connectivity index (χ4n) is 2.20. The van der Waals surface area contributed by atoms with E-state index < -0.39 is 29.9 Å². The Balaban J connectivity index is 1.63. The number of nitrogens with zero attached hydrogens (tertiary/aromatic N) is 1. The van der Waals surface area contributed by atoms with E-state index >= 15 is 0 Å². The minimum Gasteiger partial charge on any atom is -0.482 e. The number of rotatable bonds is 4. The average molecular weight is 330 g/mol. The van der Waals surface area contributed by atoms with E-state index in [1.165, 1.54) is 6.20 Å². The zero-order valence-electron chi connectivity index (χ0n) is 11.7. The third kappa shape index (κ3) is 3.47. The number of carbonyl (C=O) groups excluding carboxylic acids is 1. The second kappa shape index (κ2) is 5.95. The van der Waals surface area contributed by atoms with Crippen LogP contribution in [0.2, 0.25) is 0 Å². The second-order valence-electron chi connectivity index (χ2n) is 5.01. The molecule has 0 unspecified atom stereocenters. The molecule has 2 aromatic rings. The smallest absolute Gasteiger partial charge is 0.431 e. The first-order chi connectivity index (χ1) is 10.9. The van der Waals surface area contributed by atoms with E-state index in [9.17, 15) is 18.0 Å². The minimum atomic E-state index is -4.53. The number of ether oxygens (including phenoxy) is 2. The van der Waals surface area contributed by atoms with Crippen molar-refractivity contribution in [3.05, 3.63) is 35.9 Å². The number of hydrogen-bond donors (Lipinski definition) is 3. The first-order valence-electron chi connectivity index (χ1n) is 6.73. The monoisotopic (exact) mass is 330 g/mol. The van der Waals surface area contributed by atoms with E-state index in [-0.39, 0.29) is 18.8 Å². The number of halogens is 3. The first kappa shape index (κ1) is 15.4. The van der Waals surface area contributed by atoms with Crippen LogP contribution in [0.15, 0.2) is 24.7 Å². The van der Waals surface area contributed by atoms with Gasteiger partial charge in [0.2, 0.25) is 0 Å². The van der Waals surface area contributed by atoms with Gasteiger partial charge in [0, 0.05) is 6.20 Å². The molecule has 1 saturated heterocycles. The summed E-state index contributed by atoms with van der Waals surface area (Å²) in [6.45, 7) is 0.474. The van der Waals surface area contributed by atoms with Gasteiger partial charge >= 0.3 is 6.18 Å². The molecule has 1 fully saturated rings. The van der Waals surface area contributed by atoms with Gasteiger partial charge in [0.05, 0.1) is 37.2 Å². The Morgan fingerprint density at radius 1 is 1.39 bits per heavy atom. The lowest BCUT2D eigenvalue weighted by molar-refractivity contribution is -0.140. The van der Waals surface area contributed by atoms with Crippen LogP contribution < -0.4 is 10.1 Å². The maximum atomic E-state index is 12.5. The number of amides is 1. The summed E-state index contributed by atoms with van der Waals surface area (Å²) in [5.74, 6) is -0.145. The van der Waals surface area contributed by atoms with Crippen molar-refractivity contribution >= 4 is 5.91 Å². The van der Waals surface area contributed by atoms with Crippen molar-refractivity contribution in [1.29, 1.82) is 0 Å². The second-order valence-corrected chi connectivity index (χ2v) is 5.01. The van der Waals surface area contributed by atoms with Crippen LogP contribution in [0.25, 0.3) is 0 Å². The Morgan fingerprint density at radius 2 is 2.22 bits per heavy atom. The Kier molecular flexibility index (Phi) is 3.99. The van der Waals surface area contributed by atoms with Crippen molar-refractivity contribution in [3.63, 3.8) is 0 Å².